The highest BCUT2D eigenvalue weighted by atomic mass is 16.5. The van der Waals surface area contributed by atoms with Gasteiger partial charge in [-0.05, 0) is 18.8 Å². The summed E-state index contributed by atoms with van der Waals surface area (Å²) in [5, 5.41) is 9.38. The molecule has 0 aromatic carbocycles. The first-order valence-electron chi connectivity index (χ1n) is 5.95. The van der Waals surface area contributed by atoms with E-state index < -0.39 is 0 Å². The number of carbonyl (C=O) groups excluding carboxylic acids is 1. The molecule has 1 aromatic rings. The number of nitrogens with zero attached hydrogens (tertiary/aromatic N) is 1. The van der Waals surface area contributed by atoms with Crippen LogP contribution in [0.3, 0.4) is 0 Å². The molecule has 1 aromatic heterocycles. The van der Waals surface area contributed by atoms with Gasteiger partial charge in [0.1, 0.15) is 5.56 Å². The molecule has 0 saturated heterocycles. The number of nitrogens with two attached hydrogens (primary N) is 1. The highest BCUT2D eigenvalue weighted by Crippen LogP contribution is 2.19. The van der Waals surface area contributed by atoms with Crippen molar-refractivity contribution >= 4 is 11.7 Å². The van der Waals surface area contributed by atoms with E-state index in [2.05, 4.69) is 29.4 Å². The second kappa shape index (κ2) is 5.86. The lowest BCUT2D eigenvalue weighted by Crippen LogP contribution is -2.35. The zero-order valence-electron chi connectivity index (χ0n) is 11.5. The Kier molecular flexibility index (Phi) is 4.72. The molecular weight excluding hydrogens is 232 g/mol. The van der Waals surface area contributed by atoms with Crippen LogP contribution in [0.25, 0.3) is 0 Å². The SMILES string of the molecule is COCCC(C)(C)CNC(=O)c1c(N)n[nH]c1C. The zero-order chi connectivity index (χ0) is 13.8. The number of nitrogen functional groups attached to an aromatic ring is 1. The third-order valence-electron chi connectivity index (χ3n) is 2.91. The lowest BCUT2D eigenvalue weighted by atomic mass is 9.89. The maximum atomic E-state index is 12.0. The Bertz CT molecular complexity index is 393. The summed E-state index contributed by atoms with van der Waals surface area (Å²) in [6.45, 7) is 7.18. The van der Waals surface area contributed by atoms with E-state index in [0.717, 1.165) is 6.42 Å². The number of nitrogens with one attached hydrogen (secondary N) is 2. The Morgan fingerprint density at radius 1 is 1.56 bits per heavy atom. The van der Waals surface area contributed by atoms with Gasteiger partial charge in [0, 0.05) is 26.0 Å². The fourth-order valence-corrected chi connectivity index (χ4v) is 1.61. The molecule has 102 valence electrons. The van der Waals surface area contributed by atoms with Crippen molar-refractivity contribution in [3.63, 3.8) is 0 Å². The van der Waals surface area contributed by atoms with Gasteiger partial charge in [-0.1, -0.05) is 13.8 Å². The summed E-state index contributed by atoms with van der Waals surface area (Å²) in [6, 6.07) is 0. The highest BCUT2D eigenvalue weighted by molar-refractivity contribution is 5.99. The molecule has 0 unspecified atom stereocenters. The van der Waals surface area contributed by atoms with Gasteiger partial charge in [-0.3, -0.25) is 9.89 Å². The first-order chi connectivity index (χ1) is 8.37. The quantitative estimate of drug-likeness (QED) is 0.708. The van der Waals surface area contributed by atoms with Gasteiger partial charge in [-0.2, -0.15) is 5.10 Å². The van der Waals surface area contributed by atoms with E-state index >= 15 is 0 Å². The molecule has 0 spiro atoms. The number of amides is 1. The standard InChI is InChI=1S/C12H22N4O2/c1-8-9(10(13)16-15-8)11(17)14-7-12(2,3)5-6-18-4/h5-7H2,1-4H3,(H,14,17)(H3,13,15,16). The van der Waals surface area contributed by atoms with Gasteiger partial charge in [-0.25, -0.2) is 0 Å². The Morgan fingerprint density at radius 2 is 2.22 bits per heavy atom. The number of rotatable bonds is 6. The van der Waals surface area contributed by atoms with Crippen molar-refractivity contribution in [3.8, 4) is 0 Å². The predicted molar refractivity (Wildman–Crippen MR) is 70.3 cm³/mol. The van der Waals surface area contributed by atoms with Gasteiger partial charge >= 0.3 is 0 Å². The molecule has 0 fully saturated rings. The molecule has 0 aliphatic rings. The van der Waals surface area contributed by atoms with Gasteiger partial charge in [0.25, 0.3) is 5.91 Å². The molecule has 18 heavy (non-hydrogen) atoms. The van der Waals surface area contributed by atoms with Gasteiger partial charge < -0.3 is 15.8 Å². The van der Waals surface area contributed by atoms with Crippen LogP contribution in [0.1, 0.15) is 36.3 Å². The number of carbonyl (C=O) groups is 1. The Morgan fingerprint density at radius 3 is 2.72 bits per heavy atom. The van der Waals surface area contributed by atoms with E-state index in [1.54, 1.807) is 14.0 Å². The summed E-state index contributed by atoms with van der Waals surface area (Å²) in [5.74, 6) is 0.0453. The number of ether oxygens (including phenoxy) is 1. The fraction of sp³-hybridized carbons (Fsp3) is 0.667. The number of hydrogen-bond acceptors (Lipinski definition) is 4. The molecule has 6 nitrogen and oxygen atoms in total. The van der Waals surface area contributed by atoms with E-state index in [0.29, 0.717) is 24.4 Å². The van der Waals surface area contributed by atoms with Crippen LogP contribution in [0.2, 0.25) is 0 Å². The van der Waals surface area contributed by atoms with Gasteiger partial charge in [0.05, 0.1) is 0 Å². The maximum absolute atomic E-state index is 12.0. The topological polar surface area (TPSA) is 93.0 Å². The minimum absolute atomic E-state index is 0.0158. The molecule has 0 saturated carbocycles. The molecule has 6 heteroatoms. The molecule has 1 amide bonds. The number of anilines is 1. The number of aryl methyl sites for hydroxylation is 1. The lowest BCUT2D eigenvalue weighted by molar-refractivity contribution is 0.0921. The van der Waals surface area contributed by atoms with Crippen LogP contribution in [0.5, 0.6) is 0 Å². The maximum Gasteiger partial charge on any atom is 0.256 e. The molecule has 0 atom stereocenters. The van der Waals surface area contributed by atoms with Crippen molar-refractivity contribution < 1.29 is 9.53 Å². The monoisotopic (exact) mass is 254 g/mol. The van der Waals surface area contributed by atoms with Crippen LogP contribution in [0, 0.1) is 12.3 Å². The van der Waals surface area contributed by atoms with Crippen LogP contribution in [0.4, 0.5) is 5.82 Å². The van der Waals surface area contributed by atoms with Crippen molar-refractivity contribution in [2.24, 2.45) is 5.41 Å². The van der Waals surface area contributed by atoms with Gasteiger partial charge in [0.15, 0.2) is 5.82 Å². The average molecular weight is 254 g/mol. The second-order valence-electron chi connectivity index (χ2n) is 5.20. The third-order valence-corrected chi connectivity index (χ3v) is 2.91. The van der Waals surface area contributed by atoms with E-state index in [4.69, 9.17) is 10.5 Å². The molecule has 1 heterocycles. The summed E-state index contributed by atoms with van der Waals surface area (Å²) >= 11 is 0. The fourth-order valence-electron chi connectivity index (χ4n) is 1.61. The average Bonchev–Trinajstić information content (AvgIpc) is 2.64. The molecule has 0 aliphatic heterocycles. The molecular formula is C12H22N4O2. The second-order valence-corrected chi connectivity index (χ2v) is 5.20. The molecule has 0 radical (unpaired) electrons. The van der Waals surface area contributed by atoms with Crippen LogP contribution < -0.4 is 11.1 Å². The van der Waals surface area contributed by atoms with Crippen molar-refractivity contribution in [3.05, 3.63) is 11.3 Å². The Labute approximate surface area is 107 Å². The zero-order valence-corrected chi connectivity index (χ0v) is 11.5. The molecule has 0 aliphatic carbocycles. The molecule has 0 bridgehead atoms. The van der Waals surface area contributed by atoms with Crippen LogP contribution in [-0.4, -0.2) is 36.4 Å². The Hall–Kier alpha value is -1.56. The number of H-pyrrole nitrogens is 1. The van der Waals surface area contributed by atoms with Gasteiger partial charge in [0.2, 0.25) is 0 Å². The smallest absolute Gasteiger partial charge is 0.256 e. The third kappa shape index (κ3) is 3.73. The number of hydrogen-bond donors (Lipinski definition) is 3. The summed E-state index contributed by atoms with van der Waals surface area (Å²) in [7, 11) is 1.67. The molecule has 1 rings (SSSR count). The molecule has 4 N–H and O–H groups in total. The first kappa shape index (κ1) is 14.5. The lowest BCUT2D eigenvalue weighted by Gasteiger charge is -2.24. The van der Waals surface area contributed by atoms with Crippen molar-refractivity contribution in [1.29, 1.82) is 0 Å². The normalized spacial score (nSPS) is 11.6. The van der Waals surface area contributed by atoms with Crippen molar-refractivity contribution in [2.45, 2.75) is 27.2 Å². The van der Waals surface area contributed by atoms with E-state index in [1.165, 1.54) is 0 Å². The number of aromatic amines is 1. The minimum Gasteiger partial charge on any atom is -0.385 e. The van der Waals surface area contributed by atoms with E-state index in [9.17, 15) is 4.79 Å². The predicted octanol–water partition coefficient (Wildman–Crippen LogP) is 1.09. The first-order valence-corrected chi connectivity index (χ1v) is 5.95. The van der Waals surface area contributed by atoms with Crippen LogP contribution in [0.15, 0.2) is 0 Å². The Balaban J connectivity index is 2.56. The van der Waals surface area contributed by atoms with Gasteiger partial charge in [-0.15, -0.1) is 0 Å². The highest BCUT2D eigenvalue weighted by Gasteiger charge is 2.21. The summed E-state index contributed by atoms with van der Waals surface area (Å²) < 4.78 is 5.05. The number of methoxy groups -OCH3 is 1. The summed E-state index contributed by atoms with van der Waals surface area (Å²) in [5.41, 5.74) is 6.73. The largest absolute Gasteiger partial charge is 0.385 e. The number of aromatic nitrogens is 2. The van der Waals surface area contributed by atoms with Crippen molar-refractivity contribution in [2.75, 3.05) is 26.0 Å². The minimum atomic E-state index is -0.191. The van der Waals surface area contributed by atoms with Crippen LogP contribution >= 0.6 is 0 Å². The van der Waals surface area contributed by atoms with Crippen molar-refractivity contribution in [1.82, 2.24) is 15.5 Å². The summed E-state index contributed by atoms with van der Waals surface area (Å²) in [4.78, 5) is 12.0. The van der Waals surface area contributed by atoms with Crippen LogP contribution in [-0.2, 0) is 4.74 Å². The van der Waals surface area contributed by atoms with E-state index in [1.807, 2.05) is 0 Å². The van der Waals surface area contributed by atoms with E-state index in [-0.39, 0.29) is 17.1 Å². The summed E-state index contributed by atoms with van der Waals surface area (Å²) in [6.07, 6.45) is 0.879.